The molecule has 1 aliphatic heterocycles. The number of Topliss-reactive ketones (excluding diaryl/α,β-unsaturated/α-hetero) is 1. The molecule has 0 saturated carbocycles. The number of carbonyl (C=O) groups excluding carboxylic acids is 1. The number of aryl methyl sites for hydroxylation is 1. The quantitative estimate of drug-likeness (QED) is 0.727. The highest BCUT2D eigenvalue weighted by atomic mass is 16.1. The molecule has 0 bridgehead atoms. The average molecular weight is 317 g/mol. The second-order valence-corrected chi connectivity index (χ2v) is 6.51. The Balaban J connectivity index is 2.08. The lowest BCUT2D eigenvalue weighted by Crippen LogP contribution is -2.42. The Hall–Kier alpha value is -2.75. The van der Waals surface area contributed by atoms with Gasteiger partial charge >= 0.3 is 0 Å². The van der Waals surface area contributed by atoms with Gasteiger partial charge in [0.05, 0.1) is 0 Å². The largest absolute Gasteiger partial charge is 0.299 e. The van der Waals surface area contributed by atoms with Gasteiger partial charge in [-0.3, -0.25) is 4.79 Å². The fourth-order valence-electron chi connectivity index (χ4n) is 3.70. The van der Waals surface area contributed by atoms with Gasteiger partial charge in [0, 0.05) is 0 Å². The molecule has 120 valence electrons. The van der Waals surface area contributed by atoms with Crippen molar-refractivity contribution >= 4 is 5.78 Å². The van der Waals surface area contributed by atoms with E-state index in [1.165, 1.54) is 0 Å². The van der Waals surface area contributed by atoms with Gasteiger partial charge in [0.2, 0.25) is 0 Å². The van der Waals surface area contributed by atoms with Gasteiger partial charge in [0.25, 0.3) is 0 Å². The summed E-state index contributed by atoms with van der Waals surface area (Å²) in [5, 5.41) is 4.64. The van der Waals surface area contributed by atoms with Gasteiger partial charge in [0.15, 0.2) is 0 Å². The van der Waals surface area contributed by atoms with E-state index in [4.69, 9.17) is 0 Å². The van der Waals surface area contributed by atoms with Gasteiger partial charge < -0.3 is 0 Å². The second kappa shape index (κ2) is 5.13. The summed E-state index contributed by atoms with van der Waals surface area (Å²) in [6.45, 7) is 5.46. The Labute approximate surface area is 141 Å². The molecule has 2 heterocycles. The van der Waals surface area contributed by atoms with Crippen molar-refractivity contribution in [3.8, 4) is 0 Å². The van der Waals surface area contributed by atoms with E-state index in [-0.39, 0.29) is 11.8 Å². The molecule has 4 nitrogen and oxygen atoms in total. The zero-order valence-corrected chi connectivity index (χ0v) is 14.0. The van der Waals surface area contributed by atoms with E-state index in [0.717, 1.165) is 22.5 Å². The Kier molecular flexibility index (Phi) is 3.17. The Morgan fingerprint density at radius 2 is 1.75 bits per heavy atom. The van der Waals surface area contributed by atoms with E-state index in [9.17, 15) is 4.79 Å². The molecule has 4 heteroatoms. The Bertz CT molecular complexity index is 929. The zero-order valence-electron chi connectivity index (χ0n) is 14.0. The van der Waals surface area contributed by atoms with Crippen molar-refractivity contribution < 1.29 is 4.79 Å². The van der Waals surface area contributed by atoms with E-state index < -0.39 is 5.41 Å². The van der Waals surface area contributed by atoms with Crippen LogP contribution < -0.4 is 0 Å². The van der Waals surface area contributed by atoms with Gasteiger partial charge in [-0.25, -0.2) is 9.67 Å². The normalized spacial score (nSPS) is 21.9. The van der Waals surface area contributed by atoms with Crippen molar-refractivity contribution in [2.24, 2.45) is 0 Å². The van der Waals surface area contributed by atoms with Crippen LogP contribution in [0.4, 0.5) is 0 Å². The molecule has 2 atom stereocenters. The smallest absolute Gasteiger partial charge is 0.147 e. The lowest BCUT2D eigenvalue weighted by Gasteiger charge is -2.37. The van der Waals surface area contributed by atoms with E-state index in [2.05, 4.69) is 28.3 Å². The van der Waals surface area contributed by atoms with E-state index in [1.807, 2.05) is 54.9 Å². The number of hydrogen-bond acceptors (Lipinski definition) is 3. The highest BCUT2D eigenvalue weighted by molar-refractivity contribution is 5.91. The van der Waals surface area contributed by atoms with Crippen LogP contribution in [0.2, 0.25) is 0 Å². The summed E-state index contributed by atoms with van der Waals surface area (Å²) in [5.41, 5.74) is 2.50. The Morgan fingerprint density at radius 1 is 1.08 bits per heavy atom. The SMILES string of the molecule is CC(=O)[C@@]1(C)c2ccccc2[C@H](c2ccccc2)n2nc(C)nc21. The van der Waals surface area contributed by atoms with Crippen LogP contribution in [0.5, 0.6) is 0 Å². The average Bonchev–Trinajstić information content (AvgIpc) is 2.98. The first-order valence-corrected chi connectivity index (χ1v) is 8.12. The number of ketones is 1. The summed E-state index contributed by atoms with van der Waals surface area (Å²) < 4.78 is 1.92. The first-order valence-electron chi connectivity index (χ1n) is 8.12. The monoisotopic (exact) mass is 317 g/mol. The van der Waals surface area contributed by atoms with E-state index in [0.29, 0.717) is 5.82 Å². The molecule has 3 aromatic rings. The molecule has 0 saturated heterocycles. The fraction of sp³-hybridized carbons (Fsp3) is 0.250. The molecule has 0 fully saturated rings. The summed E-state index contributed by atoms with van der Waals surface area (Å²) in [6.07, 6.45) is 0. The van der Waals surface area contributed by atoms with Gasteiger partial charge in [-0.1, -0.05) is 54.6 Å². The molecular weight excluding hydrogens is 298 g/mol. The number of aromatic nitrogens is 3. The molecule has 4 rings (SSSR count). The third kappa shape index (κ3) is 1.89. The van der Waals surface area contributed by atoms with Crippen molar-refractivity contribution in [1.29, 1.82) is 0 Å². The van der Waals surface area contributed by atoms with Crippen molar-refractivity contribution in [2.45, 2.75) is 32.2 Å². The topological polar surface area (TPSA) is 47.8 Å². The second-order valence-electron chi connectivity index (χ2n) is 6.51. The van der Waals surface area contributed by atoms with Crippen LogP contribution in [0.3, 0.4) is 0 Å². The predicted octanol–water partition coefficient (Wildman–Crippen LogP) is 3.43. The molecular formula is C20H19N3O. The summed E-state index contributed by atoms with van der Waals surface area (Å²) in [5.74, 6) is 1.49. The molecule has 1 aliphatic rings. The van der Waals surface area contributed by atoms with Gasteiger partial charge in [0.1, 0.15) is 28.9 Å². The number of hydrogen-bond donors (Lipinski definition) is 0. The molecule has 0 unspecified atom stereocenters. The number of benzene rings is 2. The summed E-state index contributed by atoms with van der Waals surface area (Å²) in [4.78, 5) is 17.2. The number of fused-ring (bicyclic) bond motifs is 2. The van der Waals surface area contributed by atoms with Crippen LogP contribution in [0.15, 0.2) is 54.6 Å². The van der Waals surface area contributed by atoms with Gasteiger partial charge in [-0.15, -0.1) is 0 Å². The maximum Gasteiger partial charge on any atom is 0.147 e. The van der Waals surface area contributed by atoms with E-state index in [1.54, 1.807) is 6.92 Å². The number of carbonyl (C=O) groups is 1. The minimum absolute atomic E-state index is 0.0639. The first kappa shape index (κ1) is 14.8. The predicted molar refractivity (Wildman–Crippen MR) is 92.0 cm³/mol. The lowest BCUT2D eigenvalue weighted by atomic mass is 9.71. The van der Waals surface area contributed by atoms with Crippen LogP contribution in [0, 0.1) is 6.92 Å². The van der Waals surface area contributed by atoms with Crippen molar-refractivity contribution in [2.75, 3.05) is 0 Å². The van der Waals surface area contributed by atoms with Gasteiger partial charge in [-0.05, 0) is 37.5 Å². The van der Waals surface area contributed by atoms with Crippen molar-refractivity contribution in [3.05, 3.63) is 82.9 Å². The molecule has 2 aromatic carbocycles. The molecule has 0 aliphatic carbocycles. The van der Waals surface area contributed by atoms with Crippen molar-refractivity contribution in [1.82, 2.24) is 14.8 Å². The van der Waals surface area contributed by atoms with Crippen LogP contribution in [-0.2, 0) is 10.2 Å². The summed E-state index contributed by atoms with van der Waals surface area (Å²) >= 11 is 0. The summed E-state index contributed by atoms with van der Waals surface area (Å²) in [6, 6.07) is 18.3. The third-order valence-corrected chi connectivity index (χ3v) is 5.04. The standard InChI is InChI=1S/C20H19N3O/c1-13(24)20(3)17-12-8-7-11-16(17)18(15-9-5-4-6-10-15)23-19(20)21-14(2)22-23/h4-12,18H,1-3H3/t18-,20-/m0/s1. The maximum absolute atomic E-state index is 12.6. The van der Waals surface area contributed by atoms with Crippen LogP contribution in [0.1, 0.15) is 48.2 Å². The Morgan fingerprint density at radius 3 is 2.46 bits per heavy atom. The molecule has 24 heavy (non-hydrogen) atoms. The van der Waals surface area contributed by atoms with E-state index >= 15 is 0 Å². The lowest BCUT2D eigenvalue weighted by molar-refractivity contribution is -0.121. The van der Waals surface area contributed by atoms with Crippen LogP contribution in [0.25, 0.3) is 0 Å². The fourth-order valence-corrected chi connectivity index (χ4v) is 3.70. The third-order valence-electron chi connectivity index (χ3n) is 5.04. The number of rotatable bonds is 2. The highest BCUT2D eigenvalue weighted by Gasteiger charge is 2.46. The van der Waals surface area contributed by atoms with Crippen LogP contribution >= 0.6 is 0 Å². The van der Waals surface area contributed by atoms with Crippen LogP contribution in [-0.4, -0.2) is 20.5 Å². The maximum atomic E-state index is 12.6. The van der Waals surface area contributed by atoms with Crippen molar-refractivity contribution in [3.63, 3.8) is 0 Å². The minimum Gasteiger partial charge on any atom is -0.299 e. The molecule has 0 spiro atoms. The first-order chi connectivity index (χ1) is 11.5. The molecule has 0 radical (unpaired) electrons. The molecule has 0 amide bonds. The summed E-state index contributed by atoms with van der Waals surface area (Å²) in [7, 11) is 0. The highest BCUT2D eigenvalue weighted by Crippen LogP contribution is 2.44. The zero-order chi connectivity index (χ0) is 16.9. The molecule has 0 N–H and O–H groups in total. The number of nitrogens with zero attached hydrogens (tertiary/aromatic N) is 3. The molecule has 1 aromatic heterocycles. The minimum atomic E-state index is -0.775. The van der Waals surface area contributed by atoms with Gasteiger partial charge in [-0.2, -0.15) is 5.10 Å².